The van der Waals surface area contributed by atoms with Crippen molar-refractivity contribution in [3.8, 4) is 0 Å². The van der Waals surface area contributed by atoms with Crippen molar-refractivity contribution in [1.29, 1.82) is 0 Å². The molecule has 18 heavy (non-hydrogen) atoms. The number of fused-ring (bicyclic) bond motifs is 1. The number of anilines is 2. The Bertz CT molecular complexity index is 694. The van der Waals surface area contributed by atoms with Crippen molar-refractivity contribution in [3.63, 3.8) is 0 Å². The third kappa shape index (κ3) is 2.04. The first-order valence-electron chi connectivity index (χ1n) is 5.10. The number of imidazole rings is 1. The topological polar surface area (TPSA) is 55.1 Å². The Morgan fingerprint density at radius 3 is 2.94 bits per heavy atom. The van der Waals surface area contributed by atoms with Gasteiger partial charge in [-0.15, -0.1) is 0 Å². The maximum Gasteiger partial charge on any atom is 0.180 e. The molecule has 0 fully saturated rings. The van der Waals surface area contributed by atoms with Crippen LogP contribution < -0.4 is 5.32 Å². The van der Waals surface area contributed by atoms with Gasteiger partial charge in [0.2, 0.25) is 0 Å². The summed E-state index contributed by atoms with van der Waals surface area (Å²) < 4.78 is 15.2. The predicted octanol–water partition coefficient (Wildman–Crippen LogP) is 2.77. The standard InChI is InChI=1S/C11H7BrFN5/c12-8-6-18-4-3-14-11(18)10(16-8)17-9-2-1-7(13)5-15-9/h1-6H,(H,15,16,17). The number of hydrogen-bond donors (Lipinski definition) is 1. The molecule has 0 spiro atoms. The van der Waals surface area contributed by atoms with Crippen LogP contribution in [0.15, 0.2) is 41.5 Å². The van der Waals surface area contributed by atoms with Gasteiger partial charge in [-0.2, -0.15) is 0 Å². The number of aromatic nitrogens is 4. The third-order valence-electron chi connectivity index (χ3n) is 2.32. The zero-order valence-corrected chi connectivity index (χ0v) is 10.6. The summed E-state index contributed by atoms with van der Waals surface area (Å²) in [4.78, 5) is 12.4. The summed E-state index contributed by atoms with van der Waals surface area (Å²) in [6.45, 7) is 0. The molecular formula is C11H7BrFN5. The summed E-state index contributed by atoms with van der Waals surface area (Å²) in [7, 11) is 0. The molecule has 0 aliphatic heterocycles. The molecule has 3 aromatic heterocycles. The van der Waals surface area contributed by atoms with E-state index >= 15 is 0 Å². The summed E-state index contributed by atoms with van der Waals surface area (Å²) in [5, 5.41) is 3.00. The molecule has 3 rings (SSSR count). The van der Waals surface area contributed by atoms with Gasteiger partial charge in [0.05, 0.1) is 6.20 Å². The van der Waals surface area contributed by atoms with E-state index < -0.39 is 0 Å². The minimum absolute atomic E-state index is 0.381. The van der Waals surface area contributed by atoms with Gasteiger partial charge >= 0.3 is 0 Å². The van der Waals surface area contributed by atoms with Crippen LogP contribution in [0.3, 0.4) is 0 Å². The Morgan fingerprint density at radius 2 is 2.17 bits per heavy atom. The lowest BCUT2D eigenvalue weighted by Gasteiger charge is -2.06. The molecule has 0 saturated heterocycles. The normalized spacial score (nSPS) is 10.8. The van der Waals surface area contributed by atoms with E-state index in [2.05, 4.69) is 36.2 Å². The van der Waals surface area contributed by atoms with Crippen molar-refractivity contribution < 1.29 is 4.39 Å². The fourth-order valence-electron chi connectivity index (χ4n) is 1.56. The van der Waals surface area contributed by atoms with Crippen molar-refractivity contribution >= 4 is 33.2 Å². The number of rotatable bonds is 2. The molecule has 0 aromatic carbocycles. The molecule has 7 heteroatoms. The van der Waals surface area contributed by atoms with Crippen LogP contribution in [0.2, 0.25) is 0 Å². The number of halogens is 2. The first-order chi connectivity index (χ1) is 8.72. The van der Waals surface area contributed by atoms with E-state index in [-0.39, 0.29) is 5.82 Å². The smallest absolute Gasteiger partial charge is 0.180 e. The van der Waals surface area contributed by atoms with Gasteiger partial charge in [-0.05, 0) is 28.1 Å². The Labute approximate surface area is 110 Å². The van der Waals surface area contributed by atoms with Gasteiger partial charge in [-0.3, -0.25) is 0 Å². The Morgan fingerprint density at radius 1 is 1.28 bits per heavy atom. The van der Waals surface area contributed by atoms with E-state index in [0.717, 1.165) is 6.20 Å². The van der Waals surface area contributed by atoms with E-state index in [1.807, 2.05) is 10.6 Å². The molecule has 0 aliphatic rings. The monoisotopic (exact) mass is 307 g/mol. The average Bonchev–Trinajstić information content (AvgIpc) is 2.80. The predicted molar refractivity (Wildman–Crippen MR) is 68.2 cm³/mol. The van der Waals surface area contributed by atoms with Crippen LogP contribution in [-0.4, -0.2) is 19.4 Å². The molecule has 0 aliphatic carbocycles. The summed E-state index contributed by atoms with van der Waals surface area (Å²) >= 11 is 3.31. The SMILES string of the molecule is Fc1ccc(Nc2nc(Br)cn3ccnc23)nc1. The molecule has 0 amide bonds. The van der Waals surface area contributed by atoms with E-state index in [0.29, 0.717) is 21.9 Å². The van der Waals surface area contributed by atoms with Gasteiger partial charge in [0, 0.05) is 18.6 Å². The minimum Gasteiger partial charge on any atom is -0.322 e. The van der Waals surface area contributed by atoms with E-state index in [4.69, 9.17) is 0 Å². The molecule has 5 nitrogen and oxygen atoms in total. The van der Waals surface area contributed by atoms with Gasteiger partial charge in [-0.25, -0.2) is 19.3 Å². The zero-order chi connectivity index (χ0) is 12.5. The quantitative estimate of drug-likeness (QED) is 0.791. The average molecular weight is 308 g/mol. The summed E-state index contributed by atoms with van der Waals surface area (Å²) in [5.74, 6) is 0.675. The molecule has 0 unspecified atom stereocenters. The minimum atomic E-state index is -0.381. The van der Waals surface area contributed by atoms with Gasteiger partial charge in [0.25, 0.3) is 0 Å². The lowest BCUT2D eigenvalue weighted by atomic mass is 10.4. The molecule has 0 saturated carbocycles. The molecule has 0 radical (unpaired) electrons. The van der Waals surface area contributed by atoms with Crippen molar-refractivity contribution in [2.75, 3.05) is 5.32 Å². The first kappa shape index (κ1) is 11.1. The molecule has 90 valence electrons. The Kier molecular flexibility index (Phi) is 2.67. The first-order valence-corrected chi connectivity index (χ1v) is 5.89. The van der Waals surface area contributed by atoms with Crippen molar-refractivity contribution in [2.45, 2.75) is 0 Å². The van der Waals surface area contributed by atoms with Crippen LogP contribution in [0.5, 0.6) is 0 Å². The molecular weight excluding hydrogens is 301 g/mol. The van der Waals surface area contributed by atoms with Gasteiger partial charge in [-0.1, -0.05) is 0 Å². The second-order valence-electron chi connectivity index (χ2n) is 3.56. The van der Waals surface area contributed by atoms with E-state index in [9.17, 15) is 4.39 Å². The van der Waals surface area contributed by atoms with E-state index in [1.165, 1.54) is 12.1 Å². The highest BCUT2D eigenvalue weighted by atomic mass is 79.9. The lowest BCUT2D eigenvalue weighted by molar-refractivity contribution is 0.622. The third-order valence-corrected chi connectivity index (χ3v) is 2.70. The molecule has 3 heterocycles. The van der Waals surface area contributed by atoms with E-state index in [1.54, 1.807) is 12.4 Å². The number of pyridine rings is 1. The lowest BCUT2D eigenvalue weighted by Crippen LogP contribution is -2.00. The molecule has 3 aromatic rings. The van der Waals surface area contributed by atoms with Crippen LogP contribution in [0.4, 0.5) is 16.0 Å². The number of hydrogen-bond acceptors (Lipinski definition) is 4. The Balaban J connectivity index is 2.03. The Hall–Kier alpha value is -2.02. The van der Waals surface area contributed by atoms with Crippen LogP contribution in [0, 0.1) is 5.82 Å². The maximum atomic E-state index is 12.8. The number of nitrogens with zero attached hydrogens (tertiary/aromatic N) is 4. The highest BCUT2D eigenvalue weighted by Gasteiger charge is 2.07. The van der Waals surface area contributed by atoms with Crippen molar-refractivity contribution in [1.82, 2.24) is 19.4 Å². The van der Waals surface area contributed by atoms with Gasteiger partial charge in [0.1, 0.15) is 16.2 Å². The van der Waals surface area contributed by atoms with Crippen LogP contribution in [-0.2, 0) is 0 Å². The van der Waals surface area contributed by atoms with Crippen LogP contribution in [0.25, 0.3) is 5.65 Å². The summed E-state index contributed by atoms with van der Waals surface area (Å²) in [6.07, 6.45) is 6.42. The van der Waals surface area contributed by atoms with Crippen molar-refractivity contribution in [2.24, 2.45) is 0 Å². The second kappa shape index (κ2) is 4.34. The van der Waals surface area contributed by atoms with Crippen LogP contribution in [0.1, 0.15) is 0 Å². The fraction of sp³-hybridized carbons (Fsp3) is 0. The summed E-state index contributed by atoms with van der Waals surface area (Å²) in [5.41, 5.74) is 0.671. The largest absolute Gasteiger partial charge is 0.322 e. The fourth-order valence-corrected chi connectivity index (χ4v) is 1.95. The molecule has 0 bridgehead atoms. The molecule has 1 N–H and O–H groups in total. The highest BCUT2D eigenvalue weighted by molar-refractivity contribution is 9.10. The second-order valence-corrected chi connectivity index (χ2v) is 4.37. The zero-order valence-electron chi connectivity index (χ0n) is 9.01. The van der Waals surface area contributed by atoms with Gasteiger partial charge in [0.15, 0.2) is 11.5 Å². The maximum absolute atomic E-state index is 12.8. The number of nitrogens with one attached hydrogen (secondary N) is 1. The van der Waals surface area contributed by atoms with Crippen molar-refractivity contribution in [3.05, 3.63) is 47.3 Å². The summed E-state index contributed by atoms with van der Waals surface area (Å²) in [6, 6.07) is 2.87. The molecule has 0 atom stereocenters. The van der Waals surface area contributed by atoms with Crippen LogP contribution >= 0.6 is 15.9 Å². The highest BCUT2D eigenvalue weighted by Crippen LogP contribution is 2.20. The van der Waals surface area contributed by atoms with Gasteiger partial charge < -0.3 is 9.72 Å².